The Morgan fingerprint density at radius 3 is 2.33 bits per heavy atom. The average molecular weight is 187 g/mol. The first-order valence-electron chi connectivity index (χ1n) is 5.08. The Balaban J connectivity index is 3.10. The van der Waals surface area contributed by atoms with E-state index in [1.54, 1.807) is 0 Å². The van der Waals surface area contributed by atoms with Crippen LogP contribution in [0.2, 0.25) is 0 Å². The smallest absolute Gasteiger partial charge is 0.0753 e. The van der Waals surface area contributed by atoms with Crippen LogP contribution < -0.4 is 5.32 Å². The lowest BCUT2D eigenvalue weighted by Crippen LogP contribution is -2.21. The van der Waals surface area contributed by atoms with Crippen LogP contribution >= 0.6 is 12.2 Å². The van der Waals surface area contributed by atoms with Gasteiger partial charge in [-0.3, -0.25) is 0 Å². The largest absolute Gasteiger partial charge is 0.380 e. The van der Waals surface area contributed by atoms with Gasteiger partial charge in [-0.05, 0) is 19.3 Å². The Morgan fingerprint density at radius 2 is 1.75 bits per heavy atom. The van der Waals surface area contributed by atoms with Crippen molar-refractivity contribution >= 4 is 17.2 Å². The minimum atomic E-state index is 1.05. The molecule has 0 aliphatic rings. The zero-order chi connectivity index (χ0) is 9.23. The second-order valence-electron chi connectivity index (χ2n) is 3.16. The number of hydrogen-bond acceptors (Lipinski definition) is 1. The van der Waals surface area contributed by atoms with Crippen LogP contribution in [0.25, 0.3) is 0 Å². The molecule has 0 spiro atoms. The minimum Gasteiger partial charge on any atom is -0.380 e. The minimum absolute atomic E-state index is 1.05. The summed E-state index contributed by atoms with van der Waals surface area (Å²) in [6.07, 6.45) is 7.37. The van der Waals surface area contributed by atoms with E-state index in [0.717, 1.165) is 18.0 Å². The van der Waals surface area contributed by atoms with E-state index in [4.69, 9.17) is 12.2 Å². The van der Waals surface area contributed by atoms with Crippen LogP contribution in [0.3, 0.4) is 0 Å². The molecule has 0 heterocycles. The summed E-state index contributed by atoms with van der Waals surface area (Å²) in [6.45, 7) is 5.47. The lowest BCUT2D eigenvalue weighted by atomic mass is 10.2. The third-order valence-electron chi connectivity index (χ3n) is 1.86. The molecule has 0 saturated carbocycles. The lowest BCUT2D eigenvalue weighted by Gasteiger charge is -2.05. The molecule has 0 aliphatic heterocycles. The van der Waals surface area contributed by atoms with Crippen molar-refractivity contribution in [3.05, 3.63) is 0 Å². The molecular formula is C10H21NS. The molecule has 72 valence electrons. The number of hydrogen-bond donors (Lipinski definition) is 1. The molecular weight excluding hydrogens is 166 g/mol. The third kappa shape index (κ3) is 7.99. The van der Waals surface area contributed by atoms with E-state index in [-0.39, 0.29) is 0 Å². The Hall–Kier alpha value is -0.110. The van der Waals surface area contributed by atoms with Gasteiger partial charge in [-0.25, -0.2) is 0 Å². The Bertz CT molecular complexity index is 100. The molecule has 12 heavy (non-hydrogen) atoms. The van der Waals surface area contributed by atoms with E-state index < -0.39 is 0 Å². The Labute approximate surface area is 81.9 Å². The number of thiocarbonyl (C=S) groups is 1. The van der Waals surface area contributed by atoms with Crippen LogP contribution in [0.1, 0.15) is 52.4 Å². The fraction of sp³-hybridized carbons (Fsp3) is 0.900. The van der Waals surface area contributed by atoms with E-state index in [1.807, 2.05) is 0 Å². The van der Waals surface area contributed by atoms with Gasteiger partial charge < -0.3 is 5.32 Å². The number of nitrogens with one attached hydrogen (secondary N) is 1. The van der Waals surface area contributed by atoms with Crippen LogP contribution in [0.15, 0.2) is 0 Å². The molecule has 1 nitrogen and oxygen atoms in total. The highest BCUT2D eigenvalue weighted by atomic mass is 32.1. The van der Waals surface area contributed by atoms with Gasteiger partial charge in [-0.1, -0.05) is 45.3 Å². The molecule has 2 heteroatoms. The van der Waals surface area contributed by atoms with Gasteiger partial charge in [0.1, 0.15) is 0 Å². The van der Waals surface area contributed by atoms with Crippen LogP contribution in [-0.4, -0.2) is 11.5 Å². The van der Waals surface area contributed by atoms with E-state index in [0.29, 0.717) is 0 Å². The van der Waals surface area contributed by atoms with Crippen molar-refractivity contribution in [1.29, 1.82) is 0 Å². The highest BCUT2D eigenvalue weighted by molar-refractivity contribution is 7.80. The summed E-state index contributed by atoms with van der Waals surface area (Å²) in [5.41, 5.74) is 0. The van der Waals surface area contributed by atoms with Gasteiger partial charge in [-0.2, -0.15) is 0 Å². The normalized spacial score (nSPS) is 9.83. The predicted octanol–water partition coefficient (Wildman–Crippen LogP) is 3.28. The molecule has 0 aromatic rings. The third-order valence-corrected chi connectivity index (χ3v) is 2.21. The fourth-order valence-corrected chi connectivity index (χ4v) is 1.27. The van der Waals surface area contributed by atoms with Gasteiger partial charge >= 0.3 is 0 Å². The van der Waals surface area contributed by atoms with Gasteiger partial charge in [0.2, 0.25) is 0 Å². The second kappa shape index (κ2) is 8.98. The quantitative estimate of drug-likeness (QED) is 0.485. The van der Waals surface area contributed by atoms with E-state index in [9.17, 15) is 0 Å². The summed E-state index contributed by atoms with van der Waals surface area (Å²) in [5.74, 6) is 0. The van der Waals surface area contributed by atoms with Crippen molar-refractivity contribution in [2.45, 2.75) is 52.4 Å². The van der Waals surface area contributed by atoms with Gasteiger partial charge in [-0.15, -0.1) is 0 Å². The van der Waals surface area contributed by atoms with E-state index in [2.05, 4.69) is 19.2 Å². The van der Waals surface area contributed by atoms with Gasteiger partial charge in [0.15, 0.2) is 0 Å². The molecule has 0 aliphatic carbocycles. The fourth-order valence-electron chi connectivity index (χ4n) is 1.03. The van der Waals surface area contributed by atoms with Crippen molar-refractivity contribution < 1.29 is 0 Å². The van der Waals surface area contributed by atoms with Gasteiger partial charge in [0.05, 0.1) is 4.99 Å². The maximum atomic E-state index is 5.17. The molecule has 0 rings (SSSR count). The summed E-state index contributed by atoms with van der Waals surface area (Å²) >= 11 is 5.17. The zero-order valence-corrected chi connectivity index (χ0v) is 9.17. The Kier molecular flexibility index (Phi) is 8.90. The van der Waals surface area contributed by atoms with Crippen LogP contribution in [-0.2, 0) is 0 Å². The molecule has 0 amide bonds. The molecule has 1 N–H and O–H groups in total. The SMILES string of the molecule is CCCCCC(=S)NCCCC. The number of rotatable bonds is 7. The molecule has 0 unspecified atom stereocenters. The van der Waals surface area contributed by atoms with Crippen molar-refractivity contribution in [3.8, 4) is 0 Å². The second-order valence-corrected chi connectivity index (χ2v) is 3.65. The molecule has 0 fully saturated rings. The first kappa shape index (κ1) is 11.9. The van der Waals surface area contributed by atoms with Crippen LogP contribution in [0.5, 0.6) is 0 Å². The molecule has 0 atom stereocenters. The van der Waals surface area contributed by atoms with Crippen molar-refractivity contribution in [2.75, 3.05) is 6.54 Å². The predicted molar refractivity (Wildman–Crippen MR) is 59.7 cm³/mol. The first-order chi connectivity index (χ1) is 5.81. The van der Waals surface area contributed by atoms with E-state index in [1.165, 1.54) is 32.1 Å². The topological polar surface area (TPSA) is 12.0 Å². The maximum absolute atomic E-state index is 5.17. The summed E-state index contributed by atoms with van der Waals surface area (Å²) in [6, 6.07) is 0. The molecule has 0 radical (unpaired) electrons. The summed E-state index contributed by atoms with van der Waals surface area (Å²) in [7, 11) is 0. The average Bonchev–Trinajstić information content (AvgIpc) is 2.06. The summed E-state index contributed by atoms with van der Waals surface area (Å²) in [4.78, 5) is 1.05. The molecule has 0 saturated heterocycles. The highest BCUT2D eigenvalue weighted by Crippen LogP contribution is 1.99. The maximum Gasteiger partial charge on any atom is 0.0753 e. The summed E-state index contributed by atoms with van der Waals surface area (Å²) < 4.78 is 0. The van der Waals surface area contributed by atoms with Crippen molar-refractivity contribution in [1.82, 2.24) is 5.32 Å². The molecule has 0 aromatic carbocycles. The lowest BCUT2D eigenvalue weighted by molar-refractivity contribution is 0.716. The Morgan fingerprint density at radius 1 is 1.08 bits per heavy atom. The van der Waals surface area contributed by atoms with Crippen molar-refractivity contribution in [3.63, 3.8) is 0 Å². The van der Waals surface area contributed by atoms with E-state index >= 15 is 0 Å². The first-order valence-corrected chi connectivity index (χ1v) is 5.48. The molecule has 0 aromatic heterocycles. The van der Waals surface area contributed by atoms with Crippen LogP contribution in [0, 0.1) is 0 Å². The van der Waals surface area contributed by atoms with Crippen molar-refractivity contribution in [2.24, 2.45) is 0 Å². The summed E-state index contributed by atoms with van der Waals surface area (Å²) in [5, 5.41) is 3.27. The zero-order valence-electron chi connectivity index (χ0n) is 8.36. The number of unbranched alkanes of at least 4 members (excludes halogenated alkanes) is 3. The van der Waals surface area contributed by atoms with Gasteiger partial charge in [0.25, 0.3) is 0 Å². The van der Waals surface area contributed by atoms with Crippen LogP contribution in [0.4, 0.5) is 0 Å². The standard InChI is InChI=1S/C10H21NS/c1-3-5-7-8-10(12)11-9-6-4-2/h3-9H2,1-2H3,(H,11,12). The van der Waals surface area contributed by atoms with Gasteiger partial charge in [0, 0.05) is 6.54 Å². The highest BCUT2D eigenvalue weighted by Gasteiger charge is 1.94. The molecule has 0 bridgehead atoms. The monoisotopic (exact) mass is 187 g/mol.